The molecular weight excluding hydrogens is 354 g/mol. The maximum absolute atomic E-state index is 13.0. The molecular formula is C21H23N5O2. The number of aromatic nitrogens is 2. The third kappa shape index (κ3) is 3.09. The molecule has 0 aliphatic carbocycles. The van der Waals surface area contributed by atoms with Crippen LogP contribution in [0.2, 0.25) is 0 Å². The summed E-state index contributed by atoms with van der Waals surface area (Å²) in [6, 6.07) is 7.85. The molecule has 0 atom stereocenters. The molecule has 144 valence electrons. The number of nitrogens with one attached hydrogen (secondary N) is 2. The second-order valence-electron chi connectivity index (χ2n) is 7.30. The molecule has 3 heterocycles. The van der Waals surface area contributed by atoms with E-state index in [1.54, 1.807) is 36.3 Å². The standard InChI is InChI=1S/C21H23N5O2/c1-13-19(16-6-4-5-7-18(16)23-13)24-20(27)17-11-22-10-14-12-26(9-8-15(14)17)21(28)25(2)3/h4-7,10-11,23H,8-9,12H2,1-3H3,(H,24,27). The minimum atomic E-state index is -0.176. The van der Waals surface area contributed by atoms with E-state index >= 15 is 0 Å². The smallest absolute Gasteiger partial charge is 0.319 e. The Morgan fingerprint density at radius 2 is 2.00 bits per heavy atom. The molecule has 7 heteroatoms. The Balaban J connectivity index is 1.62. The quantitative estimate of drug-likeness (QED) is 0.720. The molecule has 0 radical (unpaired) electrons. The van der Waals surface area contributed by atoms with E-state index in [1.165, 1.54) is 0 Å². The molecule has 1 aliphatic rings. The molecule has 3 aromatic rings. The maximum Gasteiger partial charge on any atom is 0.319 e. The Hall–Kier alpha value is -3.35. The number of urea groups is 1. The zero-order chi connectivity index (χ0) is 19.8. The Bertz CT molecular complexity index is 1070. The van der Waals surface area contributed by atoms with Gasteiger partial charge in [-0.1, -0.05) is 18.2 Å². The third-order valence-corrected chi connectivity index (χ3v) is 5.17. The highest BCUT2D eigenvalue weighted by Gasteiger charge is 2.26. The normalized spacial score (nSPS) is 13.3. The fraction of sp³-hybridized carbons (Fsp3) is 0.286. The van der Waals surface area contributed by atoms with Crippen LogP contribution in [0.15, 0.2) is 36.7 Å². The van der Waals surface area contributed by atoms with Crippen molar-refractivity contribution in [2.24, 2.45) is 0 Å². The number of hydrogen-bond acceptors (Lipinski definition) is 3. The number of benzene rings is 1. The van der Waals surface area contributed by atoms with Crippen molar-refractivity contribution in [3.05, 3.63) is 59.0 Å². The zero-order valence-electron chi connectivity index (χ0n) is 16.2. The van der Waals surface area contributed by atoms with Crippen molar-refractivity contribution < 1.29 is 9.59 Å². The van der Waals surface area contributed by atoms with E-state index in [-0.39, 0.29) is 11.9 Å². The molecule has 3 amide bonds. The zero-order valence-corrected chi connectivity index (χ0v) is 16.2. The van der Waals surface area contributed by atoms with E-state index in [0.29, 0.717) is 25.1 Å². The van der Waals surface area contributed by atoms with E-state index in [4.69, 9.17) is 0 Å². The highest BCUT2D eigenvalue weighted by molar-refractivity contribution is 6.10. The molecule has 2 N–H and O–H groups in total. The number of pyridine rings is 1. The topological polar surface area (TPSA) is 81.3 Å². The Morgan fingerprint density at radius 3 is 2.79 bits per heavy atom. The van der Waals surface area contributed by atoms with Crippen molar-refractivity contribution in [2.45, 2.75) is 19.9 Å². The number of H-pyrrole nitrogens is 1. The summed E-state index contributed by atoms with van der Waals surface area (Å²) in [4.78, 5) is 36.2. The molecule has 0 fully saturated rings. The van der Waals surface area contributed by atoms with Gasteiger partial charge in [-0.2, -0.15) is 0 Å². The number of anilines is 1. The lowest BCUT2D eigenvalue weighted by Gasteiger charge is -2.31. The van der Waals surface area contributed by atoms with Crippen LogP contribution in [-0.4, -0.2) is 52.3 Å². The lowest BCUT2D eigenvalue weighted by Crippen LogP contribution is -2.42. The monoisotopic (exact) mass is 377 g/mol. The number of fused-ring (bicyclic) bond motifs is 2. The number of nitrogens with zero attached hydrogens (tertiary/aromatic N) is 3. The van der Waals surface area contributed by atoms with Crippen molar-refractivity contribution >= 4 is 28.5 Å². The number of hydrogen-bond donors (Lipinski definition) is 2. The van der Waals surface area contributed by atoms with Crippen molar-refractivity contribution in [3.8, 4) is 0 Å². The number of rotatable bonds is 2. The van der Waals surface area contributed by atoms with Crippen molar-refractivity contribution in [1.82, 2.24) is 19.8 Å². The molecule has 4 rings (SSSR count). The highest BCUT2D eigenvalue weighted by atomic mass is 16.2. The Kier molecular flexibility index (Phi) is 4.50. The van der Waals surface area contributed by atoms with Crippen LogP contribution >= 0.6 is 0 Å². The lowest BCUT2D eigenvalue weighted by molar-refractivity contribution is 0.102. The van der Waals surface area contributed by atoms with Crippen molar-refractivity contribution in [1.29, 1.82) is 0 Å². The number of carbonyl (C=O) groups excluding carboxylic acids is 2. The average Bonchev–Trinajstić information content (AvgIpc) is 3.01. The first-order valence-electron chi connectivity index (χ1n) is 9.26. The first-order valence-corrected chi connectivity index (χ1v) is 9.26. The van der Waals surface area contributed by atoms with Crippen LogP contribution in [0.3, 0.4) is 0 Å². The van der Waals surface area contributed by atoms with Crippen LogP contribution in [0.25, 0.3) is 10.9 Å². The number of para-hydroxylation sites is 1. The second kappa shape index (κ2) is 6.99. The van der Waals surface area contributed by atoms with E-state index < -0.39 is 0 Å². The largest absolute Gasteiger partial charge is 0.357 e. The molecule has 1 aliphatic heterocycles. The summed E-state index contributed by atoms with van der Waals surface area (Å²) in [5.74, 6) is -0.176. The second-order valence-corrected chi connectivity index (χ2v) is 7.30. The molecule has 0 saturated carbocycles. The van der Waals surface area contributed by atoms with Gasteiger partial charge in [0, 0.05) is 56.2 Å². The Labute approximate surface area is 163 Å². The lowest BCUT2D eigenvalue weighted by atomic mass is 9.96. The molecule has 0 unspecified atom stereocenters. The van der Waals surface area contributed by atoms with Crippen molar-refractivity contribution in [3.63, 3.8) is 0 Å². The van der Waals surface area contributed by atoms with E-state index in [1.807, 2.05) is 31.2 Å². The number of amides is 3. The number of aromatic amines is 1. The van der Waals surface area contributed by atoms with E-state index in [2.05, 4.69) is 15.3 Å². The molecule has 1 aromatic carbocycles. The van der Waals surface area contributed by atoms with Gasteiger partial charge in [0.05, 0.1) is 11.3 Å². The summed E-state index contributed by atoms with van der Waals surface area (Å²) in [5.41, 5.74) is 5.14. The van der Waals surface area contributed by atoms with Gasteiger partial charge in [-0.15, -0.1) is 0 Å². The SMILES string of the molecule is Cc1[nH]c2ccccc2c1NC(=O)c1cncc2c1CCN(C(=O)N(C)C)C2. The van der Waals surface area contributed by atoms with Gasteiger partial charge in [-0.25, -0.2) is 4.79 Å². The van der Waals surface area contributed by atoms with Gasteiger partial charge in [0.25, 0.3) is 5.91 Å². The van der Waals surface area contributed by atoms with Gasteiger partial charge < -0.3 is 20.1 Å². The van der Waals surface area contributed by atoms with Gasteiger partial charge in [0.1, 0.15) is 0 Å². The number of carbonyl (C=O) groups is 2. The molecule has 0 spiro atoms. The van der Waals surface area contributed by atoms with Crippen LogP contribution < -0.4 is 5.32 Å². The van der Waals surface area contributed by atoms with Crippen LogP contribution in [0.1, 0.15) is 27.2 Å². The fourth-order valence-electron chi connectivity index (χ4n) is 3.75. The minimum Gasteiger partial charge on any atom is -0.357 e. The number of aryl methyl sites for hydroxylation is 1. The summed E-state index contributed by atoms with van der Waals surface area (Å²) in [7, 11) is 3.48. The van der Waals surface area contributed by atoms with Crippen LogP contribution in [-0.2, 0) is 13.0 Å². The average molecular weight is 377 g/mol. The first-order chi connectivity index (χ1) is 13.5. The van der Waals surface area contributed by atoms with Gasteiger partial charge in [-0.3, -0.25) is 9.78 Å². The van der Waals surface area contributed by atoms with Gasteiger partial charge in [-0.05, 0) is 30.5 Å². The van der Waals surface area contributed by atoms with Gasteiger partial charge in [0.15, 0.2) is 0 Å². The van der Waals surface area contributed by atoms with Gasteiger partial charge in [0.2, 0.25) is 0 Å². The summed E-state index contributed by atoms with van der Waals surface area (Å²) in [6.07, 6.45) is 3.99. The molecule has 0 saturated heterocycles. The third-order valence-electron chi connectivity index (χ3n) is 5.17. The summed E-state index contributed by atoms with van der Waals surface area (Å²) >= 11 is 0. The maximum atomic E-state index is 13.0. The fourth-order valence-corrected chi connectivity index (χ4v) is 3.75. The summed E-state index contributed by atoms with van der Waals surface area (Å²) in [6.45, 7) is 2.99. The predicted octanol–water partition coefficient (Wildman–Crippen LogP) is 3.16. The van der Waals surface area contributed by atoms with E-state index in [0.717, 1.165) is 33.4 Å². The van der Waals surface area contributed by atoms with Crippen LogP contribution in [0.5, 0.6) is 0 Å². The molecule has 0 bridgehead atoms. The molecule has 2 aromatic heterocycles. The van der Waals surface area contributed by atoms with E-state index in [9.17, 15) is 9.59 Å². The predicted molar refractivity (Wildman–Crippen MR) is 108 cm³/mol. The summed E-state index contributed by atoms with van der Waals surface area (Å²) < 4.78 is 0. The summed E-state index contributed by atoms with van der Waals surface area (Å²) in [5, 5.41) is 4.03. The van der Waals surface area contributed by atoms with Crippen LogP contribution in [0, 0.1) is 6.92 Å². The van der Waals surface area contributed by atoms with Crippen LogP contribution in [0.4, 0.5) is 10.5 Å². The van der Waals surface area contributed by atoms with Gasteiger partial charge >= 0.3 is 6.03 Å². The molecule has 7 nitrogen and oxygen atoms in total. The molecule has 28 heavy (non-hydrogen) atoms. The minimum absolute atomic E-state index is 0.0325. The van der Waals surface area contributed by atoms with Crippen molar-refractivity contribution in [2.75, 3.05) is 26.0 Å². The highest BCUT2D eigenvalue weighted by Crippen LogP contribution is 2.28. The first kappa shape index (κ1) is 18.0. The Morgan fingerprint density at radius 1 is 1.21 bits per heavy atom.